The van der Waals surface area contributed by atoms with E-state index >= 15 is 0 Å². The maximum atomic E-state index is 13.3. The Kier molecular flexibility index (Phi) is 5.25. The molecular formula is C23H17ClN2O4. The third-order valence-electron chi connectivity index (χ3n) is 4.86. The third kappa shape index (κ3) is 3.53. The van der Waals surface area contributed by atoms with Crippen LogP contribution in [0.25, 0.3) is 0 Å². The summed E-state index contributed by atoms with van der Waals surface area (Å²) in [4.78, 5) is 41.4. The van der Waals surface area contributed by atoms with E-state index in [0.717, 1.165) is 4.90 Å². The molecule has 0 radical (unpaired) electrons. The minimum Gasteiger partial charge on any atom is -0.497 e. The van der Waals surface area contributed by atoms with Crippen molar-refractivity contribution in [1.29, 1.82) is 0 Å². The van der Waals surface area contributed by atoms with E-state index in [1.54, 1.807) is 72.8 Å². The van der Waals surface area contributed by atoms with Crippen LogP contribution >= 0.6 is 11.6 Å². The molecule has 0 spiro atoms. The van der Waals surface area contributed by atoms with Crippen molar-refractivity contribution in [2.45, 2.75) is 0 Å². The van der Waals surface area contributed by atoms with Crippen LogP contribution in [0.15, 0.2) is 72.8 Å². The summed E-state index contributed by atoms with van der Waals surface area (Å²) in [6, 6.07) is 19.9. The lowest BCUT2D eigenvalue weighted by Crippen LogP contribution is -2.44. The summed E-state index contributed by atoms with van der Waals surface area (Å²) >= 11 is 5.94. The summed E-state index contributed by atoms with van der Waals surface area (Å²) in [6.07, 6.45) is 0. The summed E-state index contributed by atoms with van der Waals surface area (Å²) in [5.74, 6) is -0.708. The maximum Gasteiger partial charge on any atom is 0.263 e. The number of ether oxygens (including phenoxy) is 1. The lowest BCUT2D eigenvalue weighted by Gasteiger charge is -2.27. The van der Waals surface area contributed by atoms with Crippen LogP contribution in [0, 0.1) is 0 Å². The molecule has 3 aromatic rings. The molecule has 1 aliphatic heterocycles. The zero-order chi connectivity index (χ0) is 21.3. The SMILES string of the molecule is COc1cccc(N(CN2C(=O)c3ccccc3C2=O)C(=O)c2ccc(Cl)cc2)c1. The minimum atomic E-state index is -0.438. The van der Waals surface area contributed by atoms with Gasteiger partial charge in [-0.1, -0.05) is 29.8 Å². The Morgan fingerprint density at radius 3 is 2.17 bits per heavy atom. The van der Waals surface area contributed by atoms with Gasteiger partial charge in [-0.05, 0) is 48.5 Å². The van der Waals surface area contributed by atoms with Gasteiger partial charge in [-0.15, -0.1) is 0 Å². The highest BCUT2D eigenvalue weighted by molar-refractivity contribution is 6.30. The van der Waals surface area contributed by atoms with Crippen LogP contribution in [-0.4, -0.2) is 36.4 Å². The Morgan fingerprint density at radius 2 is 1.57 bits per heavy atom. The van der Waals surface area contributed by atoms with Gasteiger partial charge in [-0.25, -0.2) is 0 Å². The second-order valence-electron chi connectivity index (χ2n) is 6.67. The van der Waals surface area contributed by atoms with Crippen LogP contribution in [0.1, 0.15) is 31.1 Å². The fourth-order valence-corrected chi connectivity index (χ4v) is 3.42. The summed E-state index contributed by atoms with van der Waals surface area (Å²) < 4.78 is 5.27. The average molecular weight is 421 g/mol. The van der Waals surface area contributed by atoms with Gasteiger partial charge in [0.15, 0.2) is 0 Å². The number of rotatable bonds is 5. The van der Waals surface area contributed by atoms with Gasteiger partial charge in [-0.2, -0.15) is 0 Å². The second-order valence-corrected chi connectivity index (χ2v) is 7.10. The van der Waals surface area contributed by atoms with Gasteiger partial charge >= 0.3 is 0 Å². The number of carbonyl (C=O) groups is 3. The Balaban J connectivity index is 1.72. The highest BCUT2D eigenvalue weighted by Crippen LogP contribution is 2.27. The molecule has 0 fully saturated rings. The summed E-state index contributed by atoms with van der Waals surface area (Å²) in [6.45, 7) is -0.235. The Labute approximate surface area is 178 Å². The molecule has 6 nitrogen and oxygen atoms in total. The van der Waals surface area contributed by atoms with Gasteiger partial charge < -0.3 is 4.74 Å². The number of hydrogen-bond donors (Lipinski definition) is 0. The number of amides is 3. The maximum absolute atomic E-state index is 13.3. The van der Waals surface area contributed by atoms with E-state index < -0.39 is 11.8 Å². The number of anilines is 1. The lowest BCUT2D eigenvalue weighted by atomic mass is 10.1. The van der Waals surface area contributed by atoms with Gasteiger partial charge in [0.25, 0.3) is 17.7 Å². The molecule has 1 heterocycles. The van der Waals surface area contributed by atoms with Gasteiger partial charge in [0.2, 0.25) is 0 Å². The molecule has 0 atom stereocenters. The van der Waals surface area contributed by atoms with E-state index in [4.69, 9.17) is 16.3 Å². The zero-order valence-electron chi connectivity index (χ0n) is 16.0. The number of halogens is 1. The molecule has 0 saturated heterocycles. The topological polar surface area (TPSA) is 66.9 Å². The highest BCUT2D eigenvalue weighted by atomic mass is 35.5. The van der Waals surface area contributed by atoms with Crippen molar-refractivity contribution in [2.24, 2.45) is 0 Å². The zero-order valence-corrected chi connectivity index (χ0v) is 16.8. The largest absolute Gasteiger partial charge is 0.497 e. The summed E-state index contributed by atoms with van der Waals surface area (Å²) in [7, 11) is 1.52. The summed E-state index contributed by atoms with van der Waals surface area (Å²) in [5.41, 5.74) is 1.52. The smallest absolute Gasteiger partial charge is 0.263 e. The van der Waals surface area contributed by atoms with Crippen LogP contribution in [0.5, 0.6) is 5.75 Å². The number of hydrogen-bond acceptors (Lipinski definition) is 4. The number of nitrogens with zero attached hydrogens (tertiary/aromatic N) is 2. The third-order valence-corrected chi connectivity index (χ3v) is 5.11. The van der Waals surface area contributed by atoms with Crippen LogP contribution in [0.4, 0.5) is 5.69 Å². The van der Waals surface area contributed by atoms with Crippen LogP contribution in [-0.2, 0) is 0 Å². The average Bonchev–Trinajstić information content (AvgIpc) is 3.02. The van der Waals surface area contributed by atoms with Gasteiger partial charge in [-0.3, -0.25) is 24.2 Å². The van der Waals surface area contributed by atoms with Crippen molar-refractivity contribution in [3.63, 3.8) is 0 Å². The van der Waals surface area contributed by atoms with E-state index in [-0.39, 0.29) is 12.6 Å². The Bertz CT molecular complexity index is 1110. The molecule has 150 valence electrons. The predicted octanol–water partition coefficient (Wildman–Crippen LogP) is 4.25. The molecule has 0 aliphatic carbocycles. The van der Waals surface area contributed by atoms with Crippen LogP contribution in [0.2, 0.25) is 5.02 Å². The first kappa shape index (κ1) is 19.7. The van der Waals surface area contributed by atoms with Crippen LogP contribution in [0.3, 0.4) is 0 Å². The number of imide groups is 1. The van der Waals surface area contributed by atoms with Crippen LogP contribution < -0.4 is 9.64 Å². The van der Waals surface area contributed by atoms with Crippen molar-refractivity contribution < 1.29 is 19.1 Å². The van der Waals surface area contributed by atoms with E-state index in [2.05, 4.69) is 0 Å². The normalized spacial score (nSPS) is 12.7. The molecular weight excluding hydrogens is 404 g/mol. The van der Waals surface area contributed by atoms with E-state index in [1.807, 2.05) is 0 Å². The van der Waals surface area contributed by atoms with E-state index in [1.165, 1.54) is 12.0 Å². The lowest BCUT2D eigenvalue weighted by molar-refractivity contribution is 0.0650. The van der Waals surface area contributed by atoms with Crippen molar-refractivity contribution >= 4 is 35.0 Å². The van der Waals surface area contributed by atoms with E-state index in [0.29, 0.717) is 33.1 Å². The highest BCUT2D eigenvalue weighted by Gasteiger charge is 2.37. The second kappa shape index (κ2) is 8.00. The quantitative estimate of drug-likeness (QED) is 0.579. The standard InChI is InChI=1S/C23H17ClN2O4/c1-30-18-6-4-5-17(13-18)25(21(27)15-9-11-16(24)12-10-15)14-26-22(28)19-7-2-3-8-20(19)23(26)29/h2-13H,14H2,1H3. The Hall–Kier alpha value is -3.64. The molecule has 3 aromatic carbocycles. The van der Waals surface area contributed by atoms with Crippen molar-refractivity contribution in [2.75, 3.05) is 18.7 Å². The molecule has 0 unspecified atom stereocenters. The monoisotopic (exact) mass is 420 g/mol. The molecule has 0 bridgehead atoms. The van der Waals surface area contributed by atoms with Gasteiger partial charge in [0, 0.05) is 22.3 Å². The summed E-state index contributed by atoms with van der Waals surface area (Å²) in [5, 5.41) is 0.500. The molecule has 3 amide bonds. The molecule has 0 aromatic heterocycles. The number of carbonyl (C=O) groups excluding carboxylic acids is 3. The molecule has 4 rings (SSSR count). The predicted molar refractivity (Wildman–Crippen MR) is 113 cm³/mol. The number of fused-ring (bicyclic) bond motifs is 1. The molecule has 0 saturated carbocycles. The molecule has 0 N–H and O–H groups in total. The molecule has 7 heteroatoms. The van der Waals surface area contributed by atoms with Crippen molar-refractivity contribution in [1.82, 2.24) is 4.90 Å². The minimum absolute atomic E-state index is 0.235. The first-order valence-electron chi connectivity index (χ1n) is 9.16. The molecule has 1 aliphatic rings. The van der Waals surface area contributed by atoms with Crippen molar-refractivity contribution in [3.05, 3.63) is 94.5 Å². The van der Waals surface area contributed by atoms with Gasteiger partial charge in [0.1, 0.15) is 12.4 Å². The fourth-order valence-electron chi connectivity index (χ4n) is 3.30. The first-order chi connectivity index (χ1) is 14.5. The Morgan fingerprint density at radius 1 is 0.933 bits per heavy atom. The van der Waals surface area contributed by atoms with E-state index in [9.17, 15) is 14.4 Å². The van der Waals surface area contributed by atoms with Crippen molar-refractivity contribution in [3.8, 4) is 5.75 Å². The number of methoxy groups -OCH3 is 1. The fraction of sp³-hybridized carbons (Fsp3) is 0.0870. The first-order valence-corrected chi connectivity index (χ1v) is 9.54. The van der Waals surface area contributed by atoms with Gasteiger partial charge in [0.05, 0.1) is 18.2 Å². The number of benzene rings is 3. The molecule has 30 heavy (non-hydrogen) atoms.